The van der Waals surface area contributed by atoms with Crippen LogP contribution in [-0.4, -0.2) is 45.5 Å². The highest BCUT2D eigenvalue weighted by atomic mass is 16.7. The molecule has 5 unspecified atom stereocenters. The van der Waals surface area contributed by atoms with Gasteiger partial charge in [0.1, 0.15) is 24.1 Å². The summed E-state index contributed by atoms with van der Waals surface area (Å²) >= 11 is 0. The van der Waals surface area contributed by atoms with Gasteiger partial charge in [-0.1, -0.05) is 67.2 Å². The minimum atomic E-state index is -1.27. The number of benzene rings is 1. The van der Waals surface area contributed by atoms with E-state index in [1.165, 1.54) is 0 Å². The van der Waals surface area contributed by atoms with Crippen LogP contribution in [0.4, 0.5) is 0 Å². The summed E-state index contributed by atoms with van der Waals surface area (Å²) in [6, 6.07) is 7.59. The molecule has 5 nitrogen and oxygen atoms in total. The Morgan fingerprint density at radius 3 is 2.19 bits per heavy atom. The van der Waals surface area contributed by atoms with Crippen LogP contribution in [0.3, 0.4) is 0 Å². The number of para-hydroxylation sites is 1. The van der Waals surface area contributed by atoms with Gasteiger partial charge in [0.05, 0.1) is 6.10 Å². The average Bonchev–Trinajstić information content (AvgIpc) is 2.64. The van der Waals surface area contributed by atoms with Crippen molar-refractivity contribution in [3.63, 3.8) is 0 Å². The standard InChI is InChI=1S/C15H20O5.C4H10.C2H6.CH4/c1-2-10-12(16)13(17)14(18)15(19-10)8-7-9-5-3-4-6-11(9)20-15;1-4(2)3;1-2;/h3-6,10,12-14,16-18H,2,7-8H2,1H3;4H,1-3H3;1-2H3;1H4. The summed E-state index contributed by atoms with van der Waals surface area (Å²) in [7, 11) is 0. The molecule has 2 aliphatic rings. The lowest BCUT2D eigenvalue weighted by molar-refractivity contribution is -0.338. The Morgan fingerprint density at radius 2 is 1.63 bits per heavy atom. The summed E-state index contributed by atoms with van der Waals surface area (Å²) in [5, 5.41) is 30.3. The van der Waals surface area contributed by atoms with Crippen molar-refractivity contribution in [3.05, 3.63) is 29.8 Å². The lowest BCUT2D eigenvalue weighted by Gasteiger charge is -2.50. The minimum Gasteiger partial charge on any atom is -0.459 e. The third kappa shape index (κ3) is 6.18. The van der Waals surface area contributed by atoms with Crippen molar-refractivity contribution >= 4 is 0 Å². The zero-order valence-corrected chi connectivity index (χ0v) is 17.0. The van der Waals surface area contributed by atoms with E-state index in [0.717, 1.165) is 11.5 Å². The molecule has 27 heavy (non-hydrogen) atoms. The molecule has 0 radical (unpaired) electrons. The molecule has 2 aliphatic heterocycles. The molecule has 0 amide bonds. The molecule has 1 fully saturated rings. The SMILES string of the molecule is C.CC.CC(C)C.CCC1OC2(CCc3ccccc3O2)C(O)C(O)C1O. The van der Waals surface area contributed by atoms with E-state index in [1.807, 2.05) is 45.0 Å². The number of hydrogen-bond acceptors (Lipinski definition) is 5. The summed E-state index contributed by atoms with van der Waals surface area (Å²) in [5.74, 6) is 0.226. The van der Waals surface area contributed by atoms with Gasteiger partial charge in [-0.05, 0) is 30.4 Å². The maximum absolute atomic E-state index is 10.3. The number of aliphatic hydroxyl groups excluding tert-OH is 3. The van der Waals surface area contributed by atoms with E-state index in [1.54, 1.807) is 0 Å². The molecule has 5 heteroatoms. The summed E-state index contributed by atoms with van der Waals surface area (Å²) in [6.45, 7) is 12.4. The summed E-state index contributed by atoms with van der Waals surface area (Å²) in [6.07, 6.45) is -2.48. The largest absolute Gasteiger partial charge is 0.459 e. The van der Waals surface area contributed by atoms with Crippen molar-refractivity contribution in [1.82, 2.24) is 0 Å². The molecule has 0 bridgehead atoms. The third-order valence-electron chi connectivity index (χ3n) is 4.26. The molecule has 2 heterocycles. The topological polar surface area (TPSA) is 79.2 Å². The lowest BCUT2D eigenvalue weighted by Crippen LogP contribution is -2.67. The van der Waals surface area contributed by atoms with Crippen LogP contribution in [0.15, 0.2) is 24.3 Å². The molecule has 1 aromatic carbocycles. The Kier molecular flexibility index (Phi) is 11.2. The monoisotopic (exact) mass is 384 g/mol. The highest BCUT2D eigenvalue weighted by molar-refractivity contribution is 5.36. The van der Waals surface area contributed by atoms with Gasteiger partial charge in [-0.2, -0.15) is 0 Å². The Morgan fingerprint density at radius 1 is 1.07 bits per heavy atom. The summed E-state index contributed by atoms with van der Waals surface area (Å²) < 4.78 is 11.7. The van der Waals surface area contributed by atoms with Gasteiger partial charge in [0, 0.05) is 6.42 Å². The molecule has 0 saturated carbocycles. The van der Waals surface area contributed by atoms with Gasteiger partial charge in [-0.15, -0.1) is 0 Å². The molecule has 1 saturated heterocycles. The smallest absolute Gasteiger partial charge is 0.240 e. The van der Waals surface area contributed by atoms with Crippen molar-refractivity contribution < 1.29 is 24.8 Å². The third-order valence-corrected chi connectivity index (χ3v) is 4.26. The van der Waals surface area contributed by atoms with Crippen LogP contribution in [-0.2, 0) is 11.2 Å². The van der Waals surface area contributed by atoms with E-state index in [2.05, 4.69) is 20.8 Å². The van der Waals surface area contributed by atoms with Crippen molar-refractivity contribution in [2.75, 3.05) is 0 Å². The van der Waals surface area contributed by atoms with Crippen LogP contribution in [0.2, 0.25) is 0 Å². The van der Waals surface area contributed by atoms with Gasteiger partial charge < -0.3 is 24.8 Å². The Balaban J connectivity index is 0.000000861. The minimum absolute atomic E-state index is 0. The van der Waals surface area contributed by atoms with Crippen LogP contribution in [0.25, 0.3) is 0 Å². The Bertz CT molecular complexity index is 528. The molecule has 0 aromatic heterocycles. The maximum atomic E-state index is 10.3. The van der Waals surface area contributed by atoms with Crippen LogP contribution in [0.1, 0.15) is 67.4 Å². The van der Waals surface area contributed by atoms with Gasteiger partial charge in [0.25, 0.3) is 0 Å². The zero-order chi connectivity index (χ0) is 19.9. The van der Waals surface area contributed by atoms with Crippen LogP contribution < -0.4 is 4.74 Å². The summed E-state index contributed by atoms with van der Waals surface area (Å²) in [4.78, 5) is 0. The van der Waals surface area contributed by atoms with Crippen LogP contribution in [0, 0.1) is 5.92 Å². The fourth-order valence-corrected chi connectivity index (χ4v) is 3.03. The molecule has 1 spiro atoms. The van der Waals surface area contributed by atoms with Crippen molar-refractivity contribution in [2.24, 2.45) is 5.92 Å². The fourth-order valence-electron chi connectivity index (χ4n) is 3.03. The molecule has 158 valence electrons. The zero-order valence-electron chi connectivity index (χ0n) is 17.0. The van der Waals surface area contributed by atoms with E-state index in [4.69, 9.17) is 9.47 Å². The van der Waals surface area contributed by atoms with Gasteiger partial charge in [-0.3, -0.25) is 0 Å². The lowest BCUT2D eigenvalue weighted by atomic mass is 9.86. The van der Waals surface area contributed by atoms with Crippen LogP contribution in [0.5, 0.6) is 5.75 Å². The fraction of sp³-hybridized carbons (Fsp3) is 0.727. The quantitative estimate of drug-likeness (QED) is 0.684. The molecule has 3 N–H and O–H groups in total. The average molecular weight is 385 g/mol. The maximum Gasteiger partial charge on any atom is 0.240 e. The molecule has 3 rings (SSSR count). The Hall–Kier alpha value is -1.14. The van der Waals surface area contributed by atoms with Crippen molar-refractivity contribution in [2.45, 2.75) is 98.4 Å². The van der Waals surface area contributed by atoms with Crippen molar-refractivity contribution in [3.8, 4) is 5.75 Å². The first kappa shape index (κ1) is 25.9. The van der Waals surface area contributed by atoms with Crippen LogP contribution >= 0.6 is 0 Å². The van der Waals surface area contributed by atoms with E-state index in [-0.39, 0.29) is 7.43 Å². The predicted molar refractivity (Wildman–Crippen MR) is 110 cm³/mol. The molecular weight excluding hydrogens is 344 g/mol. The molecule has 5 atom stereocenters. The first-order valence-electron chi connectivity index (χ1n) is 9.79. The van der Waals surface area contributed by atoms with E-state index in [9.17, 15) is 15.3 Å². The van der Waals surface area contributed by atoms with E-state index >= 15 is 0 Å². The number of hydrogen-bond donors (Lipinski definition) is 3. The molecule has 1 aromatic rings. The second-order valence-corrected chi connectivity index (χ2v) is 7.24. The molecule has 0 aliphatic carbocycles. The molecular formula is C22H40O5. The number of aryl methyl sites for hydroxylation is 1. The number of fused-ring (bicyclic) bond motifs is 1. The number of aliphatic hydroxyl groups is 3. The van der Waals surface area contributed by atoms with E-state index in [0.29, 0.717) is 25.0 Å². The first-order valence-corrected chi connectivity index (χ1v) is 9.79. The highest BCUT2D eigenvalue weighted by Crippen LogP contribution is 2.41. The van der Waals surface area contributed by atoms with Crippen molar-refractivity contribution in [1.29, 1.82) is 0 Å². The second kappa shape index (κ2) is 11.6. The van der Waals surface area contributed by atoms with Gasteiger partial charge in [-0.25, -0.2) is 0 Å². The van der Waals surface area contributed by atoms with Gasteiger partial charge in [0.2, 0.25) is 5.79 Å². The first-order chi connectivity index (χ1) is 12.3. The number of rotatable bonds is 1. The second-order valence-electron chi connectivity index (χ2n) is 7.24. The normalized spacial score (nSPS) is 31.3. The number of ether oxygens (including phenoxy) is 2. The summed E-state index contributed by atoms with van der Waals surface area (Å²) in [5.41, 5.74) is 1.06. The highest BCUT2D eigenvalue weighted by Gasteiger charge is 2.55. The Labute approximate surface area is 165 Å². The predicted octanol–water partition coefficient (Wildman–Crippen LogP) is 3.92. The van der Waals surface area contributed by atoms with Gasteiger partial charge >= 0.3 is 0 Å². The van der Waals surface area contributed by atoms with E-state index < -0.39 is 30.2 Å². The van der Waals surface area contributed by atoms with Gasteiger partial charge in [0.15, 0.2) is 0 Å².